The van der Waals surface area contributed by atoms with E-state index in [1.807, 2.05) is 13.0 Å². The van der Waals surface area contributed by atoms with Crippen LogP contribution >= 0.6 is 34.2 Å². The van der Waals surface area contributed by atoms with Crippen LogP contribution in [0.5, 0.6) is 0 Å². The summed E-state index contributed by atoms with van der Waals surface area (Å²) in [5.41, 5.74) is 0.0830. The minimum Gasteiger partial charge on any atom is -0.365 e. The number of anilines is 1. The van der Waals surface area contributed by atoms with E-state index in [1.54, 1.807) is 12.1 Å². The molecule has 0 saturated carbocycles. The molecule has 1 amide bonds. The second kappa shape index (κ2) is 5.12. The summed E-state index contributed by atoms with van der Waals surface area (Å²) in [5, 5.41) is 3.55. The van der Waals surface area contributed by atoms with E-state index < -0.39 is 5.60 Å². The molecule has 3 nitrogen and oxygen atoms in total. The summed E-state index contributed by atoms with van der Waals surface area (Å²) in [6, 6.07) is 5.38. The van der Waals surface area contributed by atoms with Gasteiger partial charge in [0.1, 0.15) is 5.60 Å². The lowest BCUT2D eigenvalue weighted by Crippen LogP contribution is -2.39. The summed E-state index contributed by atoms with van der Waals surface area (Å²) in [6.07, 6.45) is 1.70. The van der Waals surface area contributed by atoms with E-state index in [9.17, 15) is 4.79 Å². The molecule has 0 aliphatic carbocycles. The van der Waals surface area contributed by atoms with Crippen molar-refractivity contribution in [3.05, 3.63) is 26.8 Å². The molecule has 1 aliphatic heterocycles. The summed E-state index contributed by atoms with van der Waals surface area (Å²) in [6.45, 7) is 2.49. The maximum Gasteiger partial charge on any atom is 0.256 e. The van der Waals surface area contributed by atoms with Crippen LogP contribution in [0, 0.1) is 3.57 Å². The number of amides is 1. The monoisotopic (exact) mass is 365 g/mol. The van der Waals surface area contributed by atoms with Gasteiger partial charge in [-0.25, -0.2) is 0 Å². The third kappa shape index (κ3) is 2.92. The van der Waals surface area contributed by atoms with Gasteiger partial charge in [-0.1, -0.05) is 11.6 Å². The van der Waals surface area contributed by atoms with Crippen LogP contribution in [0.3, 0.4) is 0 Å². The number of ether oxygens (including phenoxy) is 1. The van der Waals surface area contributed by atoms with Crippen molar-refractivity contribution in [2.24, 2.45) is 0 Å². The molecule has 1 aromatic rings. The summed E-state index contributed by atoms with van der Waals surface area (Å²) in [4.78, 5) is 12.1. The molecule has 0 bridgehead atoms. The van der Waals surface area contributed by atoms with Crippen LogP contribution in [0.25, 0.3) is 0 Å². The number of halogens is 2. The van der Waals surface area contributed by atoms with E-state index in [0.717, 1.165) is 22.1 Å². The van der Waals surface area contributed by atoms with E-state index in [1.165, 1.54) is 0 Å². The highest BCUT2D eigenvalue weighted by Crippen LogP contribution is 2.28. The van der Waals surface area contributed by atoms with Crippen molar-refractivity contribution in [3.8, 4) is 0 Å². The number of rotatable bonds is 2. The molecule has 1 atom stereocenters. The van der Waals surface area contributed by atoms with Crippen LogP contribution in [0.2, 0.25) is 5.02 Å². The lowest BCUT2D eigenvalue weighted by Gasteiger charge is -2.22. The maximum atomic E-state index is 12.1. The first kappa shape index (κ1) is 13.1. The molecule has 1 heterocycles. The van der Waals surface area contributed by atoms with Gasteiger partial charge in [0, 0.05) is 15.2 Å². The first-order valence-electron chi connectivity index (χ1n) is 5.42. The molecule has 1 aliphatic rings. The largest absolute Gasteiger partial charge is 0.365 e. The molecule has 2 rings (SSSR count). The van der Waals surface area contributed by atoms with Gasteiger partial charge in [0.2, 0.25) is 0 Å². The van der Waals surface area contributed by atoms with Crippen LogP contribution in [-0.2, 0) is 9.53 Å². The number of carbonyl (C=O) groups excluding carboxylic acids is 1. The SMILES string of the molecule is CC1(C(=O)Nc2ccc(Cl)cc2I)CCCO1. The molecule has 0 spiro atoms. The standard InChI is InChI=1S/C12H13ClINO2/c1-12(5-2-6-17-12)11(16)15-10-4-3-8(13)7-9(10)14/h3-4,7H,2,5-6H2,1H3,(H,15,16). The van der Waals surface area contributed by atoms with Gasteiger partial charge < -0.3 is 10.1 Å². The first-order chi connectivity index (χ1) is 8.01. The molecule has 0 aromatic heterocycles. The molecule has 1 unspecified atom stereocenters. The van der Waals surface area contributed by atoms with Gasteiger partial charge in [0.15, 0.2) is 0 Å². The highest BCUT2D eigenvalue weighted by Gasteiger charge is 2.37. The number of benzene rings is 1. The third-order valence-corrected chi connectivity index (χ3v) is 4.01. The Bertz CT molecular complexity index is 444. The van der Waals surface area contributed by atoms with Crippen molar-refractivity contribution in [2.45, 2.75) is 25.4 Å². The fourth-order valence-corrected chi connectivity index (χ4v) is 2.81. The summed E-state index contributed by atoms with van der Waals surface area (Å²) < 4.78 is 6.42. The number of hydrogen-bond acceptors (Lipinski definition) is 2. The molecule has 5 heteroatoms. The van der Waals surface area contributed by atoms with Gasteiger partial charge in [-0.3, -0.25) is 4.79 Å². The Labute approximate surface area is 119 Å². The maximum absolute atomic E-state index is 12.1. The molecule has 1 saturated heterocycles. The van der Waals surface area contributed by atoms with Crippen molar-refractivity contribution in [1.82, 2.24) is 0 Å². The Kier molecular flexibility index (Phi) is 3.95. The second-order valence-corrected chi connectivity index (χ2v) is 5.86. The van der Waals surface area contributed by atoms with Crippen molar-refractivity contribution in [1.29, 1.82) is 0 Å². The average Bonchev–Trinajstić information content (AvgIpc) is 2.71. The van der Waals surface area contributed by atoms with Crippen LogP contribution in [-0.4, -0.2) is 18.1 Å². The van der Waals surface area contributed by atoms with Crippen LogP contribution in [0.4, 0.5) is 5.69 Å². The van der Waals surface area contributed by atoms with Gasteiger partial charge in [-0.05, 0) is 60.6 Å². The average molecular weight is 366 g/mol. The molecule has 17 heavy (non-hydrogen) atoms. The lowest BCUT2D eigenvalue weighted by molar-refractivity contribution is -0.133. The minimum atomic E-state index is -0.692. The molecule has 1 aromatic carbocycles. The minimum absolute atomic E-state index is 0.0877. The van der Waals surface area contributed by atoms with E-state index in [0.29, 0.717) is 11.6 Å². The van der Waals surface area contributed by atoms with Crippen LogP contribution < -0.4 is 5.32 Å². The Morgan fingerprint density at radius 1 is 1.59 bits per heavy atom. The molecular weight excluding hydrogens is 352 g/mol. The van der Waals surface area contributed by atoms with Crippen molar-refractivity contribution in [2.75, 3.05) is 11.9 Å². The summed E-state index contributed by atoms with van der Waals surface area (Å²) >= 11 is 8.01. The quantitative estimate of drug-likeness (QED) is 0.815. The van der Waals surface area contributed by atoms with E-state index in [4.69, 9.17) is 16.3 Å². The smallest absolute Gasteiger partial charge is 0.256 e. The van der Waals surface area contributed by atoms with Crippen LogP contribution in [0.1, 0.15) is 19.8 Å². The first-order valence-corrected chi connectivity index (χ1v) is 6.87. The highest BCUT2D eigenvalue weighted by atomic mass is 127. The fourth-order valence-electron chi connectivity index (χ4n) is 1.80. The van der Waals surface area contributed by atoms with E-state index in [-0.39, 0.29) is 5.91 Å². The van der Waals surface area contributed by atoms with Crippen molar-refractivity contribution in [3.63, 3.8) is 0 Å². The number of hydrogen-bond donors (Lipinski definition) is 1. The van der Waals surface area contributed by atoms with Crippen LogP contribution in [0.15, 0.2) is 18.2 Å². The predicted molar refractivity (Wildman–Crippen MR) is 76.4 cm³/mol. The summed E-state index contributed by atoms with van der Waals surface area (Å²) in [5.74, 6) is -0.0877. The molecule has 0 radical (unpaired) electrons. The number of carbonyl (C=O) groups is 1. The molecular formula is C12H13ClINO2. The zero-order valence-corrected chi connectivity index (χ0v) is 12.3. The molecule has 92 valence electrons. The Balaban J connectivity index is 2.13. The Morgan fingerprint density at radius 3 is 2.94 bits per heavy atom. The zero-order chi connectivity index (χ0) is 12.5. The lowest BCUT2D eigenvalue weighted by atomic mass is 10.0. The fraction of sp³-hybridized carbons (Fsp3) is 0.417. The summed E-state index contributed by atoms with van der Waals surface area (Å²) in [7, 11) is 0. The van der Waals surface area contributed by atoms with E-state index >= 15 is 0 Å². The third-order valence-electron chi connectivity index (χ3n) is 2.88. The highest BCUT2D eigenvalue weighted by molar-refractivity contribution is 14.1. The van der Waals surface area contributed by atoms with Gasteiger partial charge in [0.05, 0.1) is 5.69 Å². The normalized spacial score (nSPS) is 23.7. The van der Waals surface area contributed by atoms with Crippen molar-refractivity contribution >= 4 is 45.8 Å². The van der Waals surface area contributed by atoms with Gasteiger partial charge in [-0.2, -0.15) is 0 Å². The van der Waals surface area contributed by atoms with Gasteiger partial charge >= 0.3 is 0 Å². The zero-order valence-electron chi connectivity index (χ0n) is 9.43. The molecule has 1 fully saturated rings. The predicted octanol–water partition coefficient (Wildman–Crippen LogP) is 3.45. The number of nitrogens with one attached hydrogen (secondary N) is 1. The second-order valence-electron chi connectivity index (χ2n) is 4.26. The van der Waals surface area contributed by atoms with Crippen molar-refractivity contribution < 1.29 is 9.53 Å². The molecule has 1 N–H and O–H groups in total. The topological polar surface area (TPSA) is 38.3 Å². The Hall–Kier alpha value is -0.330. The van der Waals surface area contributed by atoms with Gasteiger partial charge in [0.25, 0.3) is 5.91 Å². The van der Waals surface area contributed by atoms with Gasteiger partial charge in [-0.15, -0.1) is 0 Å². The Morgan fingerprint density at radius 2 is 2.35 bits per heavy atom. The van der Waals surface area contributed by atoms with E-state index in [2.05, 4.69) is 27.9 Å².